The van der Waals surface area contributed by atoms with Crippen LogP contribution in [0.1, 0.15) is 17.4 Å². The number of hydrogen-bond donors (Lipinski definition) is 0. The second-order valence-electron chi connectivity index (χ2n) is 4.52. The average molecular weight is 355 g/mol. The number of morpholine rings is 1. The van der Waals surface area contributed by atoms with E-state index in [1.54, 1.807) is 23.7 Å². The second kappa shape index (κ2) is 5.98. The van der Waals surface area contributed by atoms with E-state index in [1.165, 1.54) is 0 Å². The van der Waals surface area contributed by atoms with Crippen molar-refractivity contribution in [1.29, 1.82) is 0 Å². The first-order valence-corrected chi connectivity index (χ1v) is 7.54. The molecule has 1 aliphatic rings. The highest BCUT2D eigenvalue weighted by atomic mass is 79.9. The zero-order valence-corrected chi connectivity index (χ0v) is 13.2. The van der Waals surface area contributed by atoms with Crippen molar-refractivity contribution in [2.45, 2.75) is 6.92 Å². The van der Waals surface area contributed by atoms with E-state index in [-0.39, 0.29) is 5.69 Å². The van der Waals surface area contributed by atoms with Crippen LogP contribution in [-0.2, 0) is 9.47 Å². The van der Waals surface area contributed by atoms with Crippen LogP contribution in [-0.4, -0.2) is 53.2 Å². The first kappa shape index (κ1) is 14.3. The van der Waals surface area contributed by atoms with Gasteiger partial charge in [0.25, 0.3) is 0 Å². The minimum absolute atomic E-state index is 0.263. The van der Waals surface area contributed by atoms with Gasteiger partial charge in [0.15, 0.2) is 17.2 Å². The Kier molecular flexibility index (Phi) is 4.07. The number of carbonyl (C=O) groups excluding carboxylic acids is 1. The number of esters is 1. The van der Waals surface area contributed by atoms with E-state index >= 15 is 0 Å². The number of carbonyl (C=O) groups is 1. The van der Waals surface area contributed by atoms with Crippen LogP contribution in [0.4, 0.5) is 5.82 Å². The molecule has 0 bridgehead atoms. The van der Waals surface area contributed by atoms with Crippen LogP contribution in [0.25, 0.3) is 5.65 Å². The predicted octanol–water partition coefficient (Wildman–Crippen LogP) is 1.51. The van der Waals surface area contributed by atoms with E-state index in [4.69, 9.17) is 9.47 Å². The lowest BCUT2D eigenvalue weighted by molar-refractivity contribution is 0.0519. The molecule has 3 rings (SSSR count). The maximum atomic E-state index is 11.9. The Morgan fingerprint density at radius 2 is 2.24 bits per heavy atom. The van der Waals surface area contributed by atoms with Crippen molar-refractivity contribution in [1.82, 2.24) is 14.4 Å². The Hall–Kier alpha value is -1.67. The second-order valence-corrected chi connectivity index (χ2v) is 5.27. The summed E-state index contributed by atoms with van der Waals surface area (Å²) in [5.41, 5.74) is 0.897. The van der Waals surface area contributed by atoms with E-state index in [2.05, 4.69) is 30.8 Å². The molecule has 0 amide bonds. The quantitative estimate of drug-likeness (QED) is 0.778. The van der Waals surface area contributed by atoms with E-state index < -0.39 is 5.97 Å². The number of fused-ring (bicyclic) bond motifs is 1. The van der Waals surface area contributed by atoms with Gasteiger partial charge in [-0.1, -0.05) is 0 Å². The number of nitrogens with zero attached hydrogens (tertiary/aromatic N) is 4. The summed E-state index contributed by atoms with van der Waals surface area (Å²) in [6.07, 6.45) is 3.46. The summed E-state index contributed by atoms with van der Waals surface area (Å²) < 4.78 is 12.7. The first-order valence-electron chi connectivity index (χ1n) is 6.74. The number of rotatable bonds is 3. The molecule has 1 aliphatic heterocycles. The average Bonchev–Trinajstić information content (AvgIpc) is 2.86. The molecule has 8 heteroatoms. The Morgan fingerprint density at radius 1 is 1.48 bits per heavy atom. The highest BCUT2D eigenvalue weighted by molar-refractivity contribution is 9.10. The van der Waals surface area contributed by atoms with Gasteiger partial charge in [-0.05, 0) is 22.9 Å². The molecule has 2 aromatic rings. The number of aromatic nitrogens is 3. The smallest absolute Gasteiger partial charge is 0.359 e. The largest absolute Gasteiger partial charge is 0.461 e. The molecule has 0 aliphatic carbocycles. The third-order valence-electron chi connectivity index (χ3n) is 3.24. The molecular weight excluding hydrogens is 340 g/mol. The molecule has 0 aromatic carbocycles. The lowest BCUT2D eigenvalue weighted by Crippen LogP contribution is -2.37. The van der Waals surface area contributed by atoms with Crippen LogP contribution in [0.15, 0.2) is 17.0 Å². The number of anilines is 1. The normalized spacial score (nSPS) is 15.4. The van der Waals surface area contributed by atoms with Gasteiger partial charge >= 0.3 is 5.97 Å². The van der Waals surface area contributed by atoms with E-state index in [0.29, 0.717) is 30.1 Å². The highest BCUT2D eigenvalue weighted by Gasteiger charge is 2.23. The lowest BCUT2D eigenvalue weighted by atomic mass is 10.4. The van der Waals surface area contributed by atoms with Gasteiger partial charge < -0.3 is 14.4 Å². The van der Waals surface area contributed by atoms with Crippen LogP contribution in [0, 0.1) is 0 Å². The van der Waals surface area contributed by atoms with Gasteiger partial charge in [-0.2, -0.15) is 0 Å². The number of imidazole rings is 1. The summed E-state index contributed by atoms with van der Waals surface area (Å²) in [5, 5.41) is 0. The summed E-state index contributed by atoms with van der Waals surface area (Å²) in [6.45, 7) is 4.92. The summed E-state index contributed by atoms with van der Waals surface area (Å²) >= 11 is 3.41. The molecule has 0 saturated carbocycles. The van der Waals surface area contributed by atoms with Gasteiger partial charge in [0.1, 0.15) is 4.60 Å². The SMILES string of the molecule is CCOC(=O)c1nc2c(N3CCOCC3)nccn2c1Br. The Balaban J connectivity index is 2.06. The molecule has 0 atom stereocenters. The van der Waals surface area contributed by atoms with E-state index in [0.717, 1.165) is 18.9 Å². The van der Waals surface area contributed by atoms with Gasteiger partial charge in [-0.15, -0.1) is 0 Å². The monoisotopic (exact) mass is 354 g/mol. The van der Waals surface area contributed by atoms with Crippen LogP contribution >= 0.6 is 15.9 Å². The minimum atomic E-state index is -0.444. The van der Waals surface area contributed by atoms with Crippen LogP contribution in [0.2, 0.25) is 0 Å². The zero-order chi connectivity index (χ0) is 14.8. The van der Waals surface area contributed by atoms with Crippen molar-refractivity contribution in [3.05, 3.63) is 22.7 Å². The fourth-order valence-electron chi connectivity index (χ4n) is 2.26. The summed E-state index contributed by atoms with van der Waals surface area (Å²) in [7, 11) is 0. The van der Waals surface area contributed by atoms with Crippen molar-refractivity contribution in [2.24, 2.45) is 0 Å². The predicted molar refractivity (Wildman–Crippen MR) is 79.7 cm³/mol. The molecule has 1 saturated heterocycles. The number of hydrogen-bond acceptors (Lipinski definition) is 6. The molecule has 0 radical (unpaired) electrons. The summed E-state index contributed by atoms with van der Waals surface area (Å²) in [5.74, 6) is 0.304. The molecule has 0 spiro atoms. The van der Waals surface area contributed by atoms with Crippen molar-refractivity contribution in [3.63, 3.8) is 0 Å². The lowest BCUT2D eigenvalue weighted by Gasteiger charge is -2.27. The number of ether oxygens (including phenoxy) is 2. The summed E-state index contributed by atoms with van der Waals surface area (Å²) in [6, 6.07) is 0. The summed E-state index contributed by atoms with van der Waals surface area (Å²) in [4.78, 5) is 22.9. The highest BCUT2D eigenvalue weighted by Crippen LogP contribution is 2.25. The van der Waals surface area contributed by atoms with E-state index in [1.807, 2.05) is 0 Å². The fraction of sp³-hybridized carbons (Fsp3) is 0.462. The fourth-order valence-corrected chi connectivity index (χ4v) is 2.80. The molecule has 21 heavy (non-hydrogen) atoms. The Morgan fingerprint density at radius 3 is 2.95 bits per heavy atom. The third-order valence-corrected chi connectivity index (χ3v) is 4.00. The maximum Gasteiger partial charge on any atom is 0.359 e. The van der Waals surface area contributed by atoms with Gasteiger partial charge in [0, 0.05) is 25.5 Å². The molecule has 7 nitrogen and oxygen atoms in total. The van der Waals surface area contributed by atoms with Crippen LogP contribution in [0.5, 0.6) is 0 Å². The molecule has 3 heterocycles. The number of halogens is 1. The first-order chi connectivity index (χ1) is 10.2. The zero-order valence-electron chi connectivity index (χ0n) is 11.6. The van der Waals surface area contributed by atoms with Gasteiger partial charge in [0.05, 0.1) is 19.8 Å². The van der Waals surface area contributed by atoms with Gasteiger partial charge in [0.2, 0.25) is 0 Å². The van der Waals surface area contributed by atoms with Gasteiger partial charge in [-0.25, -0.2) is 14.8 Å². The van der Waals surface area contributed by atoms with E-state index in [9.17, 15) is 4.79 Å². The standard InChI is InChI=1S/C13H15BrN4O3/c1-2-21-13(19)9-10(14)18-4-3-15-11(12(18)16-9)17-5-7-20-8-6-17/h3-4H,2,5-8H2,1H3. The maximum absolute atomic E-state index is 11.9. The molecule has 1 fully saturated rings. The van der Waals surface area contributed by atoms with Crippen molar-refractivity contribution in [2.75, 3.05) is 37.8 Å². The topological polar surface area (TPSA) is 69.0 Å². The van der Waals surface area contributed by atoms with Crippen molar-refractivity contribution >= 4 is 33.4 Å². The molecule has 0 unspecified atom stereocenters. The van der Waals surface area contributed by atoms with Crippen LogP contribution < -0.4 is 4.90 Å². The third kappa shape index (κ3) is 2.60. The Bertz CT molecular complexity index is 667. The van der Waals surface area contributed by atoms with Crippen LogP contribution in [0.3, 0.4) is 0 Å². The molecule has 112 valence electrons. The molecule has 0 N–H and O–H groups in total. The minimum Gasteiger partial charge on any atom is -0.461 e. The molecule has 2 aromatic heterocycles. The van der Waals surface area contributed by atoms with Crippen molar-refractivity contribution < 1.29 is 14.3 Å². The van der Waals surface area contributed by atoms with Gasteiger partial charge in [-0.3, -0.25) is 4.40 Å². The Labute approximate surface area is 130 Å². The molecular formula is C13H15BrN4O3. The van der Waals surface area contributed by atoms with Crippen molar-refractivity contribution in [3.8, 4) is 0 Å².